The van der Waals surface area contributed by atoms with Crippen LogP contribution in [0.2, 0.25) is 0 Å². The zero-order valence-corrected chi connectivity index (χ0v) is 18.2. The Balaban J connectivity index is 1.13. The number of hydrogen-bond acceptors (Lipinski definition) is 7. The fraction of sp³-hybridized carbons (Fsp3) is 0.333. The highest BCUT2D eigenvalue weighted by Crippen LogP contribution is 2.36. The van der Waals surface area contributed by atoms with E-state index < -0.39 is 5.82 Å². The maximum atomic E-state index is 13.8. The van der Waals surface area contributed by atoms with Crippen molar-refractivity contribution in [2.24, 2.45) is 0 Å². The summed E-state index contributed by atoms with van der Waals surface area (Å²) in [7, 11) is 0. The van der Waals surface area contributed by atoms with Crippen molar-refractivity contribution in [3.63, 3.8) is 0 Å². The minimum absolute atomic E-state index is 0.0213. The minimum atomic E-state index is -0.493. The standard InChI is InChI=1S/C24H22FN5O4/c25-13-8-18-23(28-10-13)33-12-20(31)30(18)16-5-3-14(4-6-16)27-11-15-9-17-21(29-15)22-19(34-24(17)32)2-1-7-26-22/h1-2,7-10,14,16,27,29H,3-6,11-12H2. The number of amides is 1. The van der Waals surface area contributed by atoms with Crippen LogP contribution < -0.4 is 20.6 Å². The van der Waals surface area contributed by atoms with Gasteiger partial charge >= 0.3 is 5.63 Å². The lowest BCUT2D eigenvalue weighted by atomic mass is 9.89. The van der Waals surface area contributed by atoms with Gasteiger partial charge in [0.1, 0.15) is 17.0 Å². The number of H-pyrrole nitrogens is 1. The summed E-state index contributed by atoms with van der Waals surface area (Å²) in [6.45, 7) is 0.480. The molecule has 1 aliphatic carbocycles. The molecule has 0 radical (unpaired) electrons. The second kappa shape index (κ2) is 8.21. The molecule has 1 aliphatic heterocycles. The fourth-order valence-electron chi connectivity index (χ4n) is 5.00. The van der Waals surface area contributed by atoms with Crippen LogP contribution in [0.3, 0.4) is 0 Å². The van der Waals surface area contributed by atoms with Gasteiger partial charge in [-0.2, -0.15) is 0 Å². The second-order valence-corrected chi connectivity index (χ2v) is 8.74. The van der Waals surface area contributed by atoms with Crippen molar-refractivity contribution < 1.29 is 18.3 Å². The Morgan fingerprint density at radius 3 is 2.88 bits per heavy atom. The topological polar surface area (TPSA) is 113 Å². The molecule has 0 spiro atoms. The molecular weight excluding hydrogens is 441 g/mol. The van der Waals surface area contributed by atoms with Crippen LogP contribution in [0.15, 0.2) is 45.9 Å². The number of anilines is 1. The first-order chi connectivity index (χ1) is 16.6. The molecular formula is C24H22FN5O4. The maximum absolute atomic E-state index is 13.8. The Kier molecular flexibility index (Phi) is 5.02. The molecule has 1 saturated carbocycles. The van der Waals surface area contributed by atoms with Crippen LogP contribution >= 0.6 is 0 Å². The molecule has 0 unspecified atom stereocenters. The maximum Gasteiger partial charge on any atom is 0.345 e. The van der Waals surface area contributed by atoms with Crippen molar-refractivity contribution in [2.75, 3.05) is 11.5 Å². The molecule has 0 saturated heterocycles. The van der Waals surface area contributed by atoms with Crippen LogP contribution in [0.25, 0.3) is 22.0 Å². The van der Waals surface area contributed by atoms with E-state index in [2.05, 4.69) is 20.3 Å². The van der Waals surface area contributed by atoms with Gasteiger partial charge < -0.3 is 24.4 Å². The number of nitrogens with one attached hydrogen (secondary N) is 2. The average molecular weight is 463 g/mol. The summed E-state index contributed by atoms with van der Waals surface area (Å²) < 4.78 is 24.5. The van der Waals surface area contributed by atoms with E-state index in [0.29, 0.717) is 40.1 Å². The molecule has 174 valence electrons. The molecule has 0 bridgehead atoms. The number of fused-ring (bicyclic) bond motifs is 4. The Bertz CT molecular complexity index is 1460. The molecule has 0 atom stereocenters. The highest BCUT2D eigenvalue weighted by molar-refractivity contribution is 5.99. The normalized spacial score (nSPS) is 20.5. The summed E-state index contributed by atoms with van der Waals surface area (Å²) in [5.41, 5.74) is 2.66. The SMILES string of the molecule is O=C1COc2ncc(F)cc2N1C1CCC(NCc2cc3c(=O)oc4cccnc4c3[nH]2)CC1. The first-order valence-corrected chi connectivity index (χ1v) is 11.3. The van der Waals surface area contributed by atoms with Gasteiger partial charge in [-0.05, 0) is 43.9 Å². The summed E-state index contributed by atoms with van der Waals surface area (Å²) >= 11 is 0. The van der Waals surface area contributed by atoms with Crippen molar-refractivity contribution in [3.05, 3.63) is 58.6 Å². The van der Waals surface area contributed by atoms with Crippen molar-refractivity contribution in [2.45, 2.75) is 44.3 Å². The Hall–Kier alpha value is -3.79. The van der Waals surface area contributed by atoms with Gasteiger partial charge in [0, 0.05) is 36.6 Å². The summed E-state index contributed by atoms with van der Waals surface area (Å²) in [4.78, 5) is 38.2. The van der Waals surface area contributed by atoms with Gasteiger partial charge in [0.05, 0.1) is 17.1 Å². The van der Waals surface area contributed by atoms with E-state index in [1.165, 1.54) is 6.07 Å². The van der Waals surface area contributed by atoms with Crippen LogP contribution in [-0.4, -0.2) is 39.5 Å². The first kappa shape index (κ1) is 20.8. The Morgan fingerprint density at radius 1 is 1.18 bits per heavy atom. The van der Waals surface area contributed by atoms with Gasteiger partial charge in [-0.1, -0.05) is 0 Å². The van der Waals surface area contributed by atoms with E-state index in [1.54, 1.807) is 29.3 Å². The molecule has 34 heavy (non-hydrogen) atoms. The predicted molar refractivity (Wildman–Crippen MR) is 122 cm³/mol. The predicted octanol–water partition coefficient (Wildman–Crippen LogP) is 3.03. The number of halogens is 1. The van der Waals surface area contributed by atoms with Crippen LogP contribution in [0.1, 0.15) is 31.4 Å². The lowest BCUT2D eigenvalue weighted by Gasteiger charge is -2.39. The molecule has 0 aromatic carbocycles. The monoisotopic (exact) mass is 463 g/mol. The quantitative estimate of drug-likeness (QED) is 0.478. The zero-order chi connectivity index (χ0) is 23.2. The van der Waals surface area contributed by atoms with Gasteiger partial charge in [-0.3, -0.25) is 9.78 Å². The number of aromatic nitrogens is 3. The number of carbonyl (C=O) groups is 1. The third-order valence-corrected chi connectivity index (χ3v) is 6.61. The Labute approximate surface area is 192 Å². The fourth-order valence-corrected chi connectivity index (χ4v) is 5.00. The average Bonchev–Trinajstić information content (AvgIpc) is 3.29. The lowest BCUT2D eigenvalue weighted by Crippen LogP contribution is -2.49. The molecule has 1 fully saturated rings. The lowest BCUT2D eigenvalue weighted by molar-refractivity contribution is -0.122. The third-order valence-electron chi connectivity index (χ3n) is 6.61. The minimum Gasteiger partial charge on any atom is -0.466 e. The molecule has 1 amide bonds. The van der Waals surface area contributed by atoms with Gasteiger partial charge in [0.25, 0.3) is 5.91 Å². The number of pyridine rings is 2. The number of aromatic amines is 1. The number of rotatable bonds is 4. The van der Waals surface area contributed by atoms with Gasteiger partial charge in [-0.25, -0.2) is 14.2 Å². The second-order valence-electron chi connectivity index (χ2n) is 8.74. The van der Waals surface area contributed by atoms with E-state index in [9.17, 15) is 14.0 Å². The number of nitrogens with zero attached hydrogens (tertiary/aromatic N) is 3. The van der Waals surface area contributed by atoms with Crippen molar-refractivity contribution >= 4 is 33.6 Å². The van der Waals surface area contributed by atoms with Crippen molar-refractivity contribution in [1.82, 2.24) is 20.3 Å². The highest BCUT2D eigenvalue weighted by atomic mass is 19.1. The van der Waals surface area contributed by atoms with E-state index in [4.69, 9.17) is 9.15 Å². The van der Waals surface area contributed by atoms with Crippen LogP contribution in [0.4, 0.5) is 10.1 Å². The van der Waals surface area contributed by atoms with E-state index in [-0.39, 0.29) is 30.2 Å². The van der Waals surface area contributed by atoms with E-state index >= 15 is 0 Å². The molecule has 5 heterocycles. The first-order valence-electron chi connectivity index (χ1n) is 11.3. The molecule has 4 aromatic rings. The molecule has 2 aliphatic rings. The van der Waals surface area contributed by atoms with Gasteiger partial charge in [0.15, 0.2) is 12.2 Å². The van der Waals surface area contributed by atoms with Gasteiger partial charge in [0.2, 0.25) is 5.88 Å². The van der Waals surface area contributed by atoms with Crippen LogP contribution in [0.5, 0.6) is 5.88 Å². The Morgan fingerprint density at radius 2 is 2.03 bits per heavy atom. The third kappa shape index (κ3) is 3.60. The van der Waals surface area contributed by atoms with Gasteiger partial charge in [-0.15, -0.1) is 0 Å². The molecule has 4 aromatic heterocycles. The van der Waals surface area contributed by atoms with Crippen LogP contribution in [0, 0.1) is 5.82 Å². The van der Waals surface area contributed by atoms with E-state index in [0.717, 1.165) is 37.6 Å². The molecule has 10 heteroatoms. The summed E-state index contributed by atoms with van der Waals surface area (Å²) in [5.74, 6) is -0.367. The van der Waals surface area contributed by atoms with Crippen molar-refractivity contribution in [1.29, 1.82) is 0 Å². The molecule has 9 nitrogen and oxygen atoms in total. The molecule has 2 N–H and O–H groups in total. The number of hydrogen-bond donors (Lipinski definition) is 2. The summed E-state index contributed by atoms with van der Waals surface area (Å²) in [6.07, 6.45) is 6.05. The number of carbonyl (C=O) groups excluding carboxylic acids is 1. The van der Waals surface area contributed by atoms with Crippen molar-refractivity contribution in [3.8, 4) is 5.88 Å². The largest absolute Gasteiger partial charge is 0.466 e. The van der Waals surface area contributed by atoms with Crippen LogP contribution in [-0.2, 0) is 11.3 Å². The highest BCUT2D eigenvalue weighted by Gasteiger charge is 2.35. The summed E-state index contributed by atoms with van der Waals surface area (Å²) in [6, 6.07) is 6.81. The summed E-state index contributed by atoms with van der Waals surface area (Å²) in [5, 5.41) is 4.03. The molecule has 6 rings (SSSR count). The smallest absolute Gasteiger partial charge is 0.345 e. The number of ether oxygens (including phenoxy) is 1. The zero-order valence-electron chi connectivity index (χ0n) is 18.2. The van der Waals surface area contributed by atoms with E-state index in [1.807, 2.05) is 0 Å².